The van der Waals surface area contributed by atoms with E-state index in [1.807, 2.05) is 0 Å². The van der Waals surface area contributed by atoms with E-state index in [4.69, 9.17) is 5.11 Å². The highest BCUT2D eigenvalue weighted by Gasteiger charge is 2.20. The summed E-state index contributed by atoms with van der Waals surface area (Å²) in [5.74, 6) is -0.404. The molecule has 0 saturated carbocycles. The zero-order valence-corrected chi connectivity index (χ0v) is 10.1. The van der Waals surface area contributed by atoms with Crippen LogP contribution in [0.1, 0.15) is 52.4 Å². The van der Waals surface area contributed by atoms with Gasteiger partial charge in [0.2, 0.25) is 0 Å². The first-order valence-corrected chi connectivity index (χ1v) is 5.89. The lowest BCUT2D eigenvalue weighted by Crippen LogP contribution is -2.31. The molecular weight excluding hydrogens is 208 g/mol. The van der Waals surface area contributed by atoms with E-state index in [9.17, 15) is 14.7 Å². The van der Waals surface area contributed by atoms with Crippen molar-refractivity contribution in [2.75, 3.05) is 0 Å². The number of hydrogen-bond donors (Lipinski definition) is 2. The molecule has 0 bridgehead atoms. The van der Waals surface area contributed by atoms with E-state index in [-0.39, 0.29) is 18.6 Å². The van der Waals surface area contributed by atoms with E-state index in [1.54, 1.807) is 0 Å². The summed E-state index contributed by atoms with van der Waals surface area (Å²) in [6, 6.07) is 0. The van der Waals surface area contributed by atoms with Crippen molar-refractivity contribution in [2.45, 2.75) is 64.6 Å². The Kier molecular flexibility index (Phi) is 8.03. The highest BCUT2D eigenvalue weighted by atomic mass is 16.3. The summed E-state index contributed by atoms with van der Waals surface area (Å²) in [6.45, 7) is 3.42. The maximum absolute atomic E-state index is 11.3. The van der Waals surface area contributed by atoms with Gasteiger partial charge in [0.25, 0.3) is 0 Å². The summed E-state index contributed by atoms with van der Waals surface area (Å²) in [5, 5.41) is 18.2. The molecule has 0 fully saturated rings. The summed E-state index contributed by atoms with van der Waals surface area (Å²) in [4.78, 5) is 22.6. The van der Waals surface area contributed by atoms with Crippen molar-refractivity contribution in [2.24, 2.45) is 0 Å². The summed E-state index contributed by atoms with van der Waals surface area (Å²) in [5.41, 5.74) is 0. The molecule has 0 spiro atoms. The molecule has 0 aromatic carbocycles. The fourth-order valence-corrected chi connectivity index (χ4v) is 1.38. The number of carbonyl (C=O) groups is 2. The standard InChI is InChI=1S/C12H22O4/c1-3-4-5-6-10(14)7-8-11(15)12(16)9(2)13/h9,12-13,16H,3-8H2,1-2H3. The topological polar surface area (TPSA) is 74.6 Å². The largest absolute Gasteiger partial charge is 0.390 e. The zero-order chi connectivity index (χ0) is 12.6. The Hall–Kier alpha value is -0.740. The third-order valence-electron chi connectivity index (χ3n) is 2.50. The second-order valence-electron chi connectivity index (χ2n) is 4.15. The molecule has 2 N–H and O–H groups in total. The van der Waals surface area contributed by atoms with Gasteiger partial charge in [0.05, 0.1) is 6.10 Å². The smallest absolute Gasteiger partial charge is 0.164 e. The molecule has 2 unspecified atom stereocenters. The minimum absolute atomic E-state index is 0.0248. The monoisotopic (exact) mass is 230 g/mol. The maximum Gasteiger partial charge on any atom is 0.164 e. The Morgan fingerprint density at radius 1 is 1.06 bits per heavy atom. The minimum atomic E-state index is -1.36. The van der Waals surface area contributed by atoms with Crippen molar-refractivity contribution >= 4 is 11.6 Å². The summed E-state index contributed by atoms with van der Waals surface area (Å²) < 4.78 is 0. The molecule has 4 heteroatoms. The maximum atomic E-state index is 11.3. The van der Waals surface area contributed by atoms with Crippen LogP contribution in [0.4, 0.5) is 0 Å². The zero-order valence-electron chi connectivity index (χ0n) is 10.1. The second-order valence-corrected chi connectivity index (χ2v) is 4.15. The third kappa shape index (κ3) is 6.69. The lowest BCUT2D eigenvalue weighted by atomic mass is 10.0. The van der Waals surface area contributed by atoms with Crippen molar-refractivity contribution < 1.29 is 19.8 Å². The fraction of sp³-hybridized carbons (Fsp3) is 0.833. The summed E-state index contributed by atoms with van der Waals surface area (Å²) in [6.07, 6.45) is 1.23. The van der Waals surface area contributed by atoms with Gasteiger partial charge >= 0.3 is 0 Å². The van der Waals surface area contributed by atoms with Crippen LogP contribution in [0.2, 0.25) is 0 Å². The molecule has 0 amide bonds. The van der Waals surface area contributed by atoms with Gasteiger partial charge in [0.15, 0.2) is 5.78 Å². The Morgan fingerprint density at radius 2 is 1.69 bits per heavy atom. The molecule has 0 heterocycles. The second kappa shape index (κ2) is 8.42. The van der Waals surface area contributed by atoms with Crippen molar-refractivity contribution in [1.82, 2.24) is 0 Å². The molecule has 0 aliphatic carbocycles. The average Bonchev–Trinajstić information content (AvgIpc) is 2.25. The number of hydrogen-bond acceptors (Lipinski definition) is 4. The van der Waals surface area contributed by atoms with Crippen molar-refractivity contribution in [1.29, 1.82) is 0 Å². The van der Waals surface area contributed by atoms with Crippen LogP contribution in [-0.2, 0) is 9.59 Å². The summed E-state index contributed by atoms with van der Waals surface area (Å²) >= 11 is 0. The number of carbonyl (C=O) groups excluding carboxylic acids is 2. The number of ketones is 2. The first kappa shape index (κ1) is 15.3. The highest BCUT2D eigenvalue weighted by Crippen LogP contribution is 2.06. The molecule has 0 radical (unpaired) electrons. The van der Waals surface area contributed by atoms with Crippen LogP contribution >= 0.6 is 0 Å². The van der Waals surface area contributed by atoms with Gasteiger partial charge in [0, 0.05) is 19.3 Å². The molecule has 2 atom stereocenters. The normalized spacial score (nSPS) is 14.5. The van der Waals surface area contributed by atoms with Crippen molar-refractivity contribution in [3.63, 3.8) is 0 Å². The van der Waals surface area contributed by atoms with E-state index in [0.29, 0.717) is 6.42 Å². The molecule has 94 valence electrons. The van der Waals surface area contributed by atoms with Crippen LogP contribution < -0.4 is 0 Å². The SMILES string of the molecule is CCCCCC(=O)CCC(=O)C(O)C(C)O. The van der Waals surface area contributed by atoms with Crippen LogP contribution in [0.15, 0.2) is 0 Å². The minimum Gasteiger partial charge on any atom is -0.390 e. The molecule has 16 heavy (non-hydrogen) atoms. The van der Waals surface area contributed by atoms with Crippen LogP contribution in [0, 0.1) is 0 Å². The Balaban J connectivity index is 3.71. The van der Waals surface area contributed by atoms with Gasteiger partial charge in [-0.2, -0.15) is 0 Å². The summed E-state index contributed by atoms with van der Waals surface area (Å²) in [7, 11) is 0. The third-order valence-corrected chi connectivity index (χ3v) is 2.50. The van der Waals surface area contributed by atoms with E-state index >= 15 is 0 Å². The van der Waals surface area contributed by atoms with Crippen LogP contribution in [0.3, 0.4) is 0 Å². The van der Waals surface area contributed by atoms with E-state index < -0.39 is 18.0 Å². The molecule has 0 aliphatic heterocycles. The van der Waals surface area contributed by atoms with Crippen LogP contribution in [-0.4, -0.2) is 34.0 Å². The number of aliphatic hydroxyl groups excluding tert-OH is 2. The van der Waals surface area contributed by atoms with Gasteiger partial charge in [0.1, 0.15) is 11.9 Å². The van der Waals surface area contributed by atoms with Crippen LogP contribution in [0.25, 0.3) is 0 Å². The number of aliphatic hydroxyl groups is 2. The lowest BCUT2D eigenvalue weighted by Gasteiger charge is -2.11. The Labute approximate surface area is 96.7 Å². The number of unbranched alkanes of at least 4 members (excludes halogenated alkanes) is 2. The Bertz CT molecular complexity index is 223. The van der Waals surface area contributed by atoms with E-state index in [1.165, 1.54) is 6.92 Å². The van der Waals surface area contributed by atoms with E-state index in [2.05, 4.69) is 6.92 Å². The molecule has 4 nitrogen and oxygen atoms in total. The van der Waals surface area contributed by atoms with Gasteiger partial charge < -0.3 is 10.2 Å². The first-order valence-electron chi connectivity index (χ1n) is 5.89. The van der Waals surface area contributed by atoms with Crippen molar-refractivity contribution in [3.05, 3.63) is 0 Å². The molecule has 0 saturated heterocycles. The predicted octanol–water partition coefficient (Wildman–Crippen LogP) is 1.23. The van der Waals surface area contributed by atoms with Gasteiger partial charge in [-0.05, 0) is 13.3 Å². The van der Waals surface area contributed by atoms with Gasteiger partial charge in [-0.25, -0.2) is 0 Å². The molecule has 0 aliphatic rings. The quantitative estimate of drug-likeness (QED) is 0.584. The number of rotatable bonds is 9. The lowest BCUT2D eigenvalue weighted by molar-refractivity contribution is -0.134. The first-order chi connectivity index (χ1) is 7.49. The number of Topliss-reactive ketones (excluding diaryl/α,β-unsaturated/α-hetero) is 2. The van der Waals surface area contributed by atoms with E-state index in [0.717, 1.165) is 19.3 Å². The Morgan fingerprint density at radius 3 is 2.19 bits per heavy atom. The van der Waals surface area contributed by atoms with Crippen molar-refractivity contribution in [3.8, 4) is 0 Å². The molecule has 0 aromatic rings. The van der Waals surface area contributed by atoms with Gasteiger partial charge in [-0.15, -0.1) is 0 Å². The van der Waals surface area contributed by atoms with Gasteiger partial charge in [-0.3, -0.25) is 9.59 Å². The molecular formula is C12H22O4. The highest BCUT2D eigenvalue weighted by molar-refractivity contribution is 5.88. The average molecular weight is 230 g/mol. The van der Waals surface area contributed by atoms with Crippen LogP contribution in [0.5, 0.6) is 0 Å². The molecule has 0 aromatic heterocycles. The molecule has 0 rings (SSSR count). The fourth-order valence-electron chi connectivity index (χ4n) is 1.38. The van der Waals surface area contributed by atoms with Gasteiger partial charge in [-0.1, -0.05) is 19.8 Å². The predicted molar refractivity (Wildman–Crippen MR) is 61.1 cm³/mol.